The van der Waals surface area contributed by atoms with Gasteiger partial charge in [-0.2, -0.15) is 0 Å². The third-order valence-corrected chi connectivity index (χ3v) is 3.23. The molecule has 0 aliphatic heterocycles. The molecule has 11 heteroatoms. The van der Waals surface area contributed by atoms with Crippen LogP contribution in [0, 0.1) is 0 Å². The molecule has 0 aromatic heterocycles. The van der Waals surface area contributed by atoms with Crippen LogP contribution in [0.4, 0.5) is 0 Å². The molecule has 0 atom stereocenters. The summed E-state index contributed by atoms with van der Waals surface area (Å²) >= 11 is 0. The Balaban J connectivity index is 0. The van der Waals surface area contributed by atoms with Crippen molar-refractivity contribution in [3.63, 3.8) is 0 Å². The maximum Gasteiger partial charge on any atom is 0.529 e. The van der Waals surface area contributed by atoms with Gasteiger partial charge in [0.1, 0.15) is 12.2 Å². The number of aliphatic carboxylic acids is 1. The Morgan fingerprint density at radius 2 is 1.57 bits per heavy atom. The van der Waals surface area contributed by atoms with E-state index in [0.29, 0.717) is 0 Å². The Morgan fingerprint density at radius 3 is 1.87 bits per heavy atom. The van der Waals surface area contributed by atoms with Crippen molar-refractivity contribution >= 4 is 25.7 Å². The number of carbonyl (C=O) groups is 3. The topological polar surface area (TPSA) is 135 Å². The predicted octanol–water partition coefficient (Wildman–Crippen LogP) is 1.28. The molecule has 0 unspecified atom stereocenters. The molecule has 0 fully saturated rings. The lowest BCUT2D eigenvalue weighted by Crippen LogP contribution is -2.07. The molecular formula is C12H19O10P. The summed E-state index contributed by atoms with van der Waals surface area (Å²) in [6.45, 7) is 2.96. The van der Waals surface area contributed by atoms with Crippen molar-refractivity contribution in [1.29, 1.82) is 0 Å². The molecule has 0 radical (unpaired) electrons. The molecule has 0 spiro atoms. The molecule has 23 heavy (non-hydrogen) atoms. The Morgan fingerprint density at radius 1 is 1.09 bits per heavy atom. The molecule has 0 rings (SSSR count). The molecule has 0 aromatic rings. The summed E-state index contributed by atoms with van der Waals surface area (Å²) in [5.41, 5.74) is 0. The summed E-state index contributed by atoms with van der Waals surface area (Å²) in [6, 6.07) is 0. The van der Waals surface area contributed by atoms with Gasteiger partial charge in [0.2, 0.25) is 0 Å². The first-order chi connectivity index (χ1) is 10.7. The van der Waals surface area contributed by atoms with Crippen LogP contribution >= 0.6 is 7.82 Å². The molecule has 0 aliphatic carbocycles. The maximum absolute atomic E-state index is 11.7. The van der Waals surface area contributed by atoms with Crippen LogP contribution in [-0.4, -0.2) is 51.5 Å². The molecule has 1 N–H and O–H groups in total. The maximum atomic E-state index is 11.7. The number of phosphoric acid groups is 1. The van der Waals surface area contributed by atoms with Gasteiger partial charge >= 0.3 is 25.7 Å². The molecule has 132 valence electrons. The van der Waals surface area contributed by atoms with Crippen molar-refractivity contribution in [1.82, 2.24) is 0 Å². The number of hydrogen-bond acceptors (Lipinski definition) is 9. The van der Waals surface area contributed by atoms with E-state index < -0.39 is 32.2 Å². The summed E-state index contributed by atoms with van der Waals surface area (Å²) < 4.78 is 34.3. The minimum Gasteiger partial charge on any atom is -0.478 e. The van der Waals surface area contributed by atoms with Crippen LogP contribution in [-0.2, 0) is 42.0 Å². The Kier molecular flexibility index (Phi) is 12.5. The highest BCUT2D eigenvalue weighted by Gasteiger charge is 2.27. The van der Waals surface area contributed by atoms with Gasteiger partial charge in [0, 0.05) is 20.3 Å². The lowest BCUT2D eigenvalue weighted by molar-refractivity contribution is -0.140. The largest absolute Gasteiger partial charge is 0.529 e. The van der Waals surface area contributed by atoms with Gasteiger partial charge in [-0.15, -0.1) is 0 Å². The van der Waals surface area contributed by atoms with Crippen LogP contribution < -0.4 is 0 Å². The minimum absolute atomic E-state index is 0.249. The molecule has 0 heterocycles. The molecule has 0 bridgehead atoms. The van der Waals surface area contributed by atoms with Gasteiger partial charge in [-0.3, -0.25) is 13.8 Å². The lowest BCUT2D eigenvalue weighted by Gasteiger charge is -2.15. The second-order valence-electron chi connectivity index (χ2n) is 3.33. The monoisotopic (exact) mass is 354 g/mol. The fourth-order valence-corrected chi connectivity index (χ4v) is 1.51. The number of hydrogen-bond donors (Lipinski definition) is 1. The van der Waals surface area contributed by atoms with E-state index in [1.165, 1.54) is 0 Å². The third-order valence-electron chi connectivity index (χ3n) is 1.88. The van der Waals surface area contributed by atoms with Crippen LogP contribution in [0.5, 0.6) is 0 Å². The summed E-state index contributed by atoms with van der Waals surface area (Å²) in [5.74, 6) is -2.71. The van der Waals surface area contributed by atoms with Crippen molar-refractivity contribution in [2.45, 2.75) is 6.42 Å². The van der Waals surface area contributed by atoms with Gasteiger partial charge in [0.05, 0.1) is 20.3 Å². The van der Waals surface area contributed by atoms with Gasteiger partial charge < -0.3 is 19.1 Å². The van der Waals surface area contributed by atoms with Crippen LogP contribution in [0.3, 0.4) is 0 Å². The van der Waals surface area contributed by atoms with Crippen molar-refractivity contribution in [3.05, 3.63) is 24.5 Å². The van der Waals surface area contributed by atoms with Gasteiger partial charge in [-0.05, 0) is 0 Å². The van der Waals surface area contributed by atoms with E-state index in [-0.39, 0.29) is 5.76 Å². The molecule has 0 saturated carbocycles. The highest BCUT2D eigenvalue weighted by molar-refractivity contribution is 7.48. The quantitative estimate of drug-likeness (QED) is 0.294. The highest BCUT2D eigenvalue weighted by atomic mass is 31.2. The number of esters is 2. The third kappa shape index (κ3) is 12.1. The summed E-state index contributed by atoms with van der Waals surface area (Å²) in [5, 5.41) is 7.60. The van der Waals surface area contributed by atoms with Crippen LogP contribution in [0.15, 0.2) is 24.5 Å². The summed E-state index contributed by atoms with van der Waals surface area (Å²) in [7, 11) is 0.633. The zero-order valence-corrected chi connectivity index (χ0v) is 14.0. The van der Waals surface area contributed by atoms with E-state index in [1.54, 1.807) is 0 Å². The summed E-state index contributed by atoms with van der Waals surface area (Å²) in [4.78, 5) is 31.4. The Labute approximate surface area is 133 Å². The molecule has 0 aromatic carbocycles. The molecule has 0 saturated heterocycles. The van der Waals surface area contributed by atoms with E-state index in [2.05, 4.69) is 25.1 Å². The zero-order valence-electron chi connectivity index (χ0n) is 13.1. The van der Waals surface area contributed by atoms with Gasteiger partial charge in [-0.25, -0.2) is 14.2 Å². The number of rotatable bonds is 8. The summed E-state index contributed by atoms with van der Waals surface area (Å²) in [6.07, 6.45) is 1.27. The first-order valence-corrected chi connectivity index (χ1v) is 7.25. The van der Waals surface area contributed by atoms with E-state index >= 15 is 0 Å². The standard InChI is InChI=1S/C9H15O8P.C3H4O2/c1-13-8(10)5-7(6-9(11)14-2)17-18(12,15-3)16-4;1-2-3(4)5/h5H,6H2,1-4H3;2H,1H2,(H,4,5)/b7-5-;. The fraction of sp³-hybridized carbons (Fsp3) is 0.417. The smallest absolute Gasteiger partial charge is 0.478 e. The molecule has 0 aliphatic rings. The highest BCUT2D eigenvalue weighted by Crippen LogP contribution is 2.50. The van der Waals surface area contributed by atoms with Crippen molar-refractivity contribution in [3.8, 4) is 0 Å². The lowest BCUT2D eigenvalue weighted by atomic mass is 10.3. The van der Waals surface area contributed by atoms with E-state index in [1.807, 2.05) is 0 Å². The number of methoxy groups -OCH3 is 2. The van der Waals surface area contributed by atoms with Gasteiger partial charge in [-0.1, -0.05) is 6.58 Å². The molecular weight excluding hydrogens is 335 g/mol. The average molecular weight is 354 g/mol. The molecule has 10 nitrogen and oxygen atoms in total. The van der Waals surface area contributed by atoms with E-state index in [4.69, 9.17) is 9.63 Å². The van der Waals surface area contributed by atoms with Gasteiger partial charge in [0.25, 0.3) is 0 Å². The van der Waals surface area contributed by atoms with E-state index in [0.717, 1.165) is 40.6 Å². The second-order valence-corrected chi connectivity index (χ2v) is 5.14. The number of ether oxygens (including phenoxy) is 2. The minimum atomic E-state index is -3.85. The number of carboxylic acid groups (broad SMARTS) is 1. The number of phosphoric ester groups is 1. The van der Waals surface area contributed by atoms with Crippen LogP contribution in [0.2, 0.25) is 0 Å². The fourth-order valence-electron chi connectivity index (χ4n) is 0.807. The normalized spacial score (nSPS) is 10.7. The Bertz CT molecular complexity index is 488. The van der Waals surface area contributed by atoms with Crippen LogP contribution in [0.1, 0.15) is 6.42 Å². The van der Waals surface area contributed by atoms with Crippen LogP contribution in [0.25, 0.3) is 0 Å². The van der Waals surface area contributed by atoms with Crippen molar-refractivity contribution < 1.29 is 47.1 Å². The SMILES string of the molecule is C=CC(=O)O.COC(=O)/C=C(/CC(=O)OC)OP(=O)(OC)OC. The first-order valence-electron chi connectivity index (χ1n) is 5.79. The Hall–Kier alpha value is -2.16. The molecule has 0 amide bonds. The predicted molar refractivity (Wildman–Crippen MR) is 77.3 cm³/mol. The zero-order chi connectivity index (χ0) is 18.5. The van der Waals surface area contributed by atoms with Crippen molar-refractivity contribution in [2.75, 3.05) is 28.4 Å². The first kappa shape index (κ1) is 23.1. The average Bonchev–Trinajstić information content (AvgIpc) is 2.54. The number of carboxylic acids is 1. The number of carbonyl (C=O) groups excluding carboxylic acids is 2. The van der Waals surface area contributed by atoms with E-state index in [9.17, 15) is 18.9 Å². The van der Waals surface area contributed by atoms with Gasteiger partial charge in [0.15, 0.2) is 0 Å². The van der Waals surface area contributed by atoms with Crippen molar-refractivity contribution in [2.24, 2.45) is 0 Å². The second kappa shape index (κ2) is 12.4.